The molecule has 24 heavy (non-hydrogen) atoms. The highest BCUT2D eigenvalue weighted by atomic mass is 35.5. The molecule has 0 bridgehead atoms. The largest absolute Gasteiger partial charge is 0.432 e. The zero-order valence-corrected chi connectivity index (χ0v) is 13.7. The number of hydrogen-bond donors (Lipinski definition) is 1. The number of H-pyrrole nitrogens is 1. The van der Waals surface area contributed by atoms with Gasteiger partial charge in [0.25, 0.3) is 5.91 Å². The molecule has 1 heterocycles. The summed E-state index contributed by atoms with van der Waals surface area (Å²) < 4.78 is 6.40. The van der Waals surface area contributed by atoms with Gasteiger partial charge < -0.3 is 4.90 Å². The molecule has 3 aromatic rings. The Labute approximate surface area is 142 Å². The van der Waals surface area contributed by atoms with Crippen molar-refractivity contribution in [2.45, 2.75) is 6.54 Å². The predicted octanol–water partition coefficient (Wildman–Crippen LogP) is 2.17. The van der Waals surface area contributed by atoms with Gasteiger partial charge in [-0.1, -0.05) is 35.9 Å². The van der Waals surface area contributed by atoms with Crippen LogP contribution in [0.5, 0.6) is 0 Å². The van der Waals surface area contributed by atoms with Crippen LogP contribution in [0.25, 0.3) is 5.69 Å². The molecule has 0 aliphatic rings. The highest BCUT2D eigenvalue weighted by Crippen LogP contribution is 2.13. The monoisotopic (exact) mass is 344 g/mol. The summed E-state index contributed by atoms with van der Waals surface area (Å²) in [4.78, 5) is 25.9. The molecule has 1 N–H and O–H groups in total. The van der Waals surface area contributed by atoms with Crippen molar-refractivity contribution in [1.82, 2.24) is 10.2 Å². The molecule has 0 saturated heterocycles. The van der Waals surface area contributed by atoms with Gasteiger partial charge in [-0.2, -0.15) is 0 Å². The molecule has 7 heteroatoms. The van der Waals surface area contributed by atoms with E-state index in [-0.39, 0.29) is 12.5 Å². The normalized spacial score (nSPS) is 10.6. The van der Waals surface area contributed by atoms with Crippen LogP contribution in [0, 0.1) is 0 Å². The van der Waals surface area contributed by atoms with Crippen molar-refractivity contribution in [3.05, 3.63) is 81.3 Å². The molecule has 2 aromatic carbocycles. The number of amides is 1. The van der Waals surface area contributed by atoms with Gasteiger partial charge in [-0.3, -0.25) is 9.32 Å². The second-order valence-corrected chi connectivity index (χ2v) is 5.71. The zero-order chi connectivity index (χ0) is 17.1. The maximum Gasteiger partial charge on any atom is 0.432 e. The topological polar surface area (TPSA) is 70.2 Å². The summed E-state index contributed by atoms with van der Waals surface area (Å²) in [6.45, 7) is 0.0894. The van der Waals surface area contributed by atoms with Gasteiger partial charge in [0.1, 0.15) is 6.54 Å². The van der Waals surface area contributed by atoms with E-state index >= 15 is 0 Å². The Hall–Kier alpha value is -2.86. The molecule has 0 atom stereocenters. The van der Waals surface area contributed by atoms with Crippen LogP contribution in [-0.2, 0) is 6.54 Å². The molecule has 0 spiro atoms. The van der Waals surface area contributed by atoms with Gasteiger partial charge in [-0.05, 0) is 28.2 Å². The SMILES string of the molecule is CN(Cc1c(=O)o[nH][n+]1-c1ccccc1)C(=O)c1cccc(Cl)c1. The van der Waals surface area contributed by atoms with Gasteiger partial charge in [0.15, 0.2) is 0 Å². The van der Waals surface area contributed by atoms with Crippen LogP contribution in [0.2, 0.25) is 5.02 Å². The fraction of sp³-hybridized carbons (Fsp3) is 0.118. The number of nitrogens with zero attached hydrogens (tertiary/aromatic N) is 2. The Balaban J connectivity index is 1.88. The molecule has 0 aliphatic carbocycles. The quantitative estimate of drug-likeness (QED) is 0.737. The second-order valence-electron chi connectivity index (χ2n) is 5.27. The van der Waals surface area contributed by atoms with Gasteiger partial charge in [-0.15, -0.1) is 0 Å². The van der Waals surface area contributed by atoms with E-state index in [1.165, 1.54) is 9.58 Å². The zero-order valence-electron chi connectivity index (χ0n) is 12.9. The van der Waals surface area contributed by atoms with Crippen molar-refractivity contribution in [3.63, 3.8) is 0 Å². The van der Waals surface area contributed by atoms with E-state index < -0.39 is 5.63 Å². The molecule has 6 nitrogen and oxygen atoms in total. The number of aromatic amines is 1. The molecule has 0 radical (unpaired) electrons. The van der Waals surface area contributed by atoms with Crippen LogP contribution in [0.1, 0.15) is 16.1 Å². The first kappa shape index (κ1) is 16.0. The smallest absolute Gasteiger partial charge is 0.331 e. The molecule has 3 rings (SSSR count). The van der Waals surface area contributed by atoms with Crippen molar-refractivity contribution >= 4 is 17.5 Å². The summed E-state index contributed by atoms with van der Waals surface area (Å²) >= 11 is 5.92. The average molecular weight is 345 g/mol. The molecule has 0 fully saturated rings. The number of nitrogens with one attached hydrogen (secondary N) is 1. The number of aromatic nitrogens is 2. The van der Waals surface area contributed by atoms with Crippen molar-refractivity contribution in [3.8, 4) is 5.69 Å². The maximum atomic E-state index is 12.5. The van der Waals surface area contributed by atoms with Crippen molar-refractivity contribution < 1.29 is 14.0 Å². The third-order valence-corrected chi connectivity index (χ3v) is 3.79. The Kier molecular flexibility index (Phi) is 4.48. The standard InChI is InChI=1S/C17H14ClN3O3/c1-20(16(22)12-6-5-7-13(18)10-12)11-15-17(23)24-19-21(15)14-8-3-2-4-9-14/h2-10H,11H2,1H3/p+1. The number of benzene rings is 2. The third-order valence-electron chi connectivity index (χ3n) is 3.55. The Morgan fingerprint density at radius 3 is 2.67 bits per heavy atom. The van der Waals surface area contributed by atoms with Crippen molar-refractivity contribution in [2.75, 3.05) is 7.05 Å². The summed E-state index contributed by atoms with van der Waals surface area (Å²) in [5.74, 6) is -0.238. The number of carbonyl (C=O) groups excluding carboxylic acids is 1. The third kappa shape index (κ3) is 3.23. The minimum Gasteiger partial charge on any atom is -0.331 e. The van der Waals surface area contributed by atoms with Crippen molar-refractivity contribution in [2.24, 2.45) is 0 Å². The minimum atomic E-state index is -0.524. The first-order valence-corrected chi connectivity index (χ1v) is 7.63. The first-order chi connectivity index (χ1) is 11.6. The fourth-order valence-corrected chi connectivity index (χ4v) is 2.54. The van der Waals surface area contributed by atoms with Crippen LogP contribution in [0.4, 0.5) is 0 Å². The van der Waals surface area contributed by atoms with Crippen LogP contribution < -0.4 is 10.3 Å². The highest BCUT2D eigenvalue weighted by molar-refractivity contribution is 6.30. The number of carbonyl (C=O) groups is 1. The molecule has 1 aromatic heterocycles. The van der Waals surface area contributed by atoms with E-state index in [2.05, 4.69) is 5.27 Å². The van der Waals surface area contributed by atoms with Crippen LogP contribution >= 0.6 is 11.6 Å². The Bertz CT molecular complexity index is 918. The maximum absolute atomic E-state index is 12.5. The van der Waals surface area contributed by atoms with Gasteiger partial charge in [0, 0.05) is 29.8 Å². The van der Waals surface area contributed by atoms with Crippen LogP contribution in [0.15, 0.2) is 63.9 Å². The van der Waals surface area contributed by atoms with Gasteiger partial charge in [0.05, 0.1) is 0 Å². The van der Waals surface area contributed by atoms with Crippen LogP contribution in [-0.4, -0.2) is 23.1 Å². The number of halogens is 1. The molecular weight excluding hydrogens is 330 g/mol. The number of hydrogen-bond acceptors (Lipinski definition) is 3. The minimum absolute atomic E-state index is 0.0894. The summed E-state index contributed by atoms with van der Waals surface area (Å²) in [5, 5.41) is 3.03. The molecule has 0 aliphatic heterocycles. The molecular formula is C17H15ClN3O3+. The summed E-state index contributed by atoms with van der Waals surface area (Å²) in [6.07, 6.45) is 0. The lowest BCUT2D eigenvalue weighted by molar-refractivity contribution is -0.678. The lowest BCUT2D eigenvalue weighted by Gasteiger charge is -2.14. The summed E-state index contributed by atoms with van der Waals surface area (Å²) in [7, 11) is 1.62. The highest BCUT2D eigenvalue weighted by Gasteiger charge is 2.26. The van der Waals surface area contributed by atoms with Gasteiger partial charge in [0.2, 0.25) is 5.69 Å². The molecule has 1 amide bonds. The molecule has 0 unspecified atom stereocenters. The predicted molar refractivity (Wildman–Crippen MR) is 88.1 cm³/mol. The lowest BCUT2D eigenvalue weighted by atomic mass is 10.2. The first-order valence-electron chi connectivity index (χ1n) is 7.25. The number of rotatable bonds is 4. The second kappa shape index (κ2) is 6.72. The van der Waals surface area contributed by atoms with Crippen molar-refractivity contribution in [1.29, 1.82) is 0 Å². The van der Waals surface area contributed by atoms with Crippen LogP contribution in [0.3, 0.4) is 0 Å². The van der Waals surface area contributed by atoms with E-state index in [1.807, 2.05) is 30.3 Å². The lowest BCUT2D eigenvalue weighted by Crippen LogP contribution is -2.42. The molecule has 0 saturated carbocycles. The average Bonchev–Trinajstić information content (AvgIpc) is 2.95. The van der Waals surface area contributed by atoms with Gasteiger partial charge in [-0.25, -0.2) is 4.79 Å². The number of para-hydroxylation sites is 1. The van der Waals surface area contributed by atoms with E-state index in [0.29, 0.717) is 16.3 Å². The Morgan fingerprint density at radius 2 is 1.96 bits per heavy atom. The molecule has 122 valence electrons. The summed E-state index contributed by atoms with van der Waals surface area (Å²) in [5.41, 5.74) is 0.988. The van der Waals surface area contributed by atoms with E-state index in [4.69, 9.17) is 16.1 Å². The fourth-order valence-electron chi connectivity index (χ4n) is 2.35. The van der Waals surface area contributed by atoms with E-state index in [9.17, 15) is 9.59 Å². The van der Waals surface area contributed by atoms with E-state index in [0.717, 1.165) is 5.69 Å². The summed E-state index contributed by atoms with van der Waals surface area (Å²) in [6, 6.07) is 15.9. The van der Waals surface area contributed by atoms with Gasteiger partial charge >= 0.3 is 11.3 Å². The Morgan fingerprint density at radius 1 is 1.21 bits per heavy atom. The van der Waals surface area contributed by atoms with E-state index in [1.54, 1.807) is 31.3 Å².